The van der Waals surface area contributed by atoms with Gasteiger partial charge in [0.15, 0.2) is 0 Å². The Hall–Kier alpha value is -1.36. The van der Waals surface area contributed by atoms with Crippen molar-refractivity contribution in [2.45, 2.75) is 44.7 Å². The summed E-state index contributed by atoms with van der Waals surface area (Å²) in [6, 6.07) is -1.57. The van der Waals surface area contributed by atoms with Crippen molar-refractivity contribution >= 4 is 11.9 Å². The summed E-state index contributed by atoms with van der Waals surface area (Å²) in [6.45, 7) is 5.44. The van der Waals surface area contributed by atoms with Gasteiger partial charge >= 0.3 is 5.97 Å². The average Bonchev–Trinajstić information content (AvgIpc) is 2.24. The maximum Gasteiger partial charge on any atom is 0.326 e. The lowest BCUT2D eigenvalue weighted by atomic mass is 10.1. The number of unbranched alkanes of at least 4 members (excludes halogenated alkanes) is 1. The van der Waals surface area contributed by atoms with Gasteiger partial charge in [0.05, 0.1) is 6.04 Å². The number of hydrogen-bond donors (Lipinski definition) is 3. The van der Waals surface area contributed by atoms with Gasteiger partial charge in [-0.1, -0.05) is 25.8 Å². The molecular weight excluding hydrogens is 208 g/mol. The van der Waals surface area contributed by atoms with Crippen molar-refractivity contribution in [3.05, 3.63) is 12.7 Å². The van der Waals surface area contributed by atoms with E-state index >= 15 is 0 Å². The molecule has 0 spiro atoms. The molecular formula is C11H20N2O3. The van der Waals surface area contributed by atoms with Crippen LogP contribution < -0.4 is 11.1 Å². The summed E-state index contributed by atoms with van der Waals surface area (Å²) in [5.74, 6) is -1.49. The van der Waals surface area contributed by atoms with Crippen molar-refractivity contribution < 1.29 is 14.7 Å². The highest BCUT2D eigenvalue weighted by atomic mass is 16.4. The molecule has 5 nitrogen and oxygen atoms in total. The molecule has 2 unspecified atom stereocenters. The first-order chi connectivity index (χ1) is 7.52. The molecule has 0 aliphatic carbocycles. The lowest BCUT2D eigenvalue weighted by Crippen LogP contribution is -2.48. The fourth-order valence-corrected chi connectivity index (χ4v) is 1.22. The van der Waals surface area contributed by atoms with Crippen LogP contribution >= 0.6 is 0 Å². The largest absolute Gasteiger partial charge is 0.480 e. The van der Waals surface area contributed by atoms with E-state index in [1.165, 1.54) is 6.08 Å². The fourth-order valence-electron chi connectivity index (χ4n) is 1.22. The van der Waals surface area contributed by atoms with Crippen molar-refractivity contribution in [2.75, 3.05) is 0 Å². The van der Waals surface area contributed by atoms with Gasteiger partial charge in [-0.05, 0) is 12.8 Å². The Bertz CT molecular complexity index is 254. The SMILES string of the molecule is C=CCC(NC(=O)C(N)CCCC)C(=O)O. The van der Waals surface area contributed by atoms with Crippen LogP contribution in [0.25, 0.3) is 0 Å². The second-order valence-electron chi connectivity index (χ2n) is 3.67. The van der Waals surface area contributed by atoms with Crippen molar-refractivity contribution in [1.82, 2.24) is 5.32 Å². The summed E-state index contributed by atoms with van der Waals surface area (Å²) in [5, 5.41) is 11.2. The first kappa shape index (κ1) is 14.6. The first-order valence-electron chi connectivity index (χ1n) is 5.42. The molecule has 1 amide bonds. The Kier molecular flexibility index (Phi) is 7.20. The van der Waals surface area contributed by atoms with Crippen LogP contribution in [0.5, 0.6) is 0 Å². The molecule has 0 heterocycles. The van der Waals surface area contributed by atoms with E-state index in [0.717, 1.165) is 12.8 Å². The van der Waals surface area contributed by atoms with Gasteiger partial charge in [0.2, 0.25) is 5.91 Å². The van der Waals surface area contributed by atoms with Crippen molar-refractivity contribution in [3.63, 3.8) is 0 Å². The number of nitrogens with two attached hydrogens (primary N) is 1. The van der Waals surface area contributed by atoms with Gasteiger partial charge in [0.25, 0.3) is 0 Å². The molecule has 2 atom stereocenters. The third-order valence-electron chi connectivity index (χ3n) is 2.22. The van der Waals surface area contributed by atoms with E-state index in [4.69, 9.17) is 10.8 Å². The topological polar surface area (TPSA) is 92.4 Å². The second-order valence-corrected chi connectivity index (χ2v) is 3.67. The number of carboxylic acids is 1. The smallest absolute Gasteiger partial charge is 0.326 e. The van der Waals surface area contributed by atoms with Crippen molar-refractivity contribution in [1.29, 1.82) is 0 Å². The van der Waals surface area contributed by atoms with E-state index in [2.05, 4.69) is 11.9 Å². The van der Waals surface area contributed by atoms with Gasteiger partial charge in [0, 0.05) is 0 Å². The Balaban J connectivity index is 4.17. The van der Waals surface area contributed by atoms with Crippen LogP contribution in [0.4, 0.5) is 0 Å². The highest BCUT2D eigenvalue weighted by Crippen LogP contribution is 2.00. The molecule has 0 aromatic rings. The Labute approximate surface area is 95.7 Å². The molecule has 0 aromatic heterocycles. The van der Waals surface area contributed by atoms with Crippen LogP contribution in [0.15, 0.2) is 12.7 Å². The summed E-state index contributed by atoms with van der Waals surface area (Å²) in [7, 11) is 0. The molecule has 0 saturated heterocycles. The third-order valence-corrected chi connectivity index (χ3v) is 2.22. The van der Waals surface area contributed by atoms with E-state index in [1.54, 1.807) is 0 Å². The number of aliphatic carboxylic acids is 1. The van der Waals surface area contributed by atoms with E-state index in [1.807, 2.05) is 6.92 Å². The second kappa shape index (κ2) is 7.87. The number of amides is 1. The monoisotopic (exact) mass is 228 g/mol. The minimum Gasteiger partial charge on any atom is -0.480 e. The van der Waals surface area contributed by atoms with E-state index < -0.39 is 24.0 Å². The normalized spacial score (nSPS) is 13.9. The summed E-state index contributed by atoms with van der Waals surface area (Å²) in [6.07, 6.45) is 4.03. The van der Waals surface area contributed by atoms with Crippen LogP contribution in [0.2, 0.25) is 0 Å². The molecule has 0 saturated carbocycles. The van der Waals surface area contributed by atoms with Gasteiger partial charge in [-0.3, -0.25) is 4.79 Å². The summed E-state index contributed by atoms with van der Waals surface area (Å²) >= 11 is 0. The summed E-state index contributed by atoms with van der Waals surface area (Å²) < 4.78 is 0. The Morgan fingerprint density at radius 1 is 1.56 bits per heavy atom. The molecule has 0 radical (unpaired) electrons. The van der Waals surface area contributed by atoms with Crippen LogP contribution in [0.1, 0.15) is 32.6 Å². The van der Waals surface area contributed by atoms with Gasteiger partial charge in [0.1, 0.15) is 6.04 Å². The third kappa shape index (κ3) is 5.50. The minimum atomic E-state index is -1.07. The molecule has 0 aliphatic rings. The lowest BCUT2D eigenvalue weighted by Gasteiger charge is -2.16. The zero-order valence-corrected chi connectivity index (χ0v) is 9.61. The number of hydrogen-bond acceptors (Lipinski definition) is 3. The van der Waals surface area contributed by atoms with Gasteiger partial charge in [-0.15, -0.1) is 6.58 Å². The van der Waals surface area contributed by atoms with Gasteiger partial charge < -0.3 is 16.2 Å². The van der Waals surface area contributed by atoms with Gasteiger partial charge in [-0.25, -0.2) is 4.79 Å². The predicted octanol–water partition coefficient (Wildman–Crippen LogP) is 0.649. The highest BCUT2D eigenvalue weighted by molar-refractivity contribution is 5.86. The fraction of sp³-hybridized carbons (Fsp3) is 0.636. The zero-order valence-electron chi connectivity index (χ0n) is 9.61. The lowest BCUT2D eigenvalue weighted by molar-refractivity contribution is -0.141. The summed E-state index contributed by atoms with van der Waals surface area (Å²) in [5.41, 5.74) is 5.62. The molecule has 16 heavy (non-hydrogen) atoms. The maximum atomic E-state index is 11.5. The number of carbonyl (C=O) groups is 2. The molecule has 0 aliphatic heterocycles. The molecule has 92 valence electrons. The van der Waals surface area contributed by atoms with E-state index in [-0.39, 0.29) is 6.42 Å². The quantitative estimate of drug-likeness (QED) is 0.532. The number of rotatable bonds is 8. The van der Waals surface area contributed by atoms with Crippen molar-refractivity contribution in [3.8, 4) is 0 Å². The van der Waals surface area contributed by atoms with Crippen LogP contribution in [0.3, 0.4) is 0 Å². The predicted molar refractivity (Wildman–Crippen MR) is 61.9 cm³/mol. The standard InChI is InChI=1S/C11H20N2O3/c1-3-5-7-8(12)10(14)13-9(6-4-2)11(15)16/h4,8-9H,2-3,5-7,12H2,1H3,(H,13,14)(H,15,16). The number of carbonyl (C=O) groups excluding carboxylic acids is 1. The Morgan fingerprint density at radius 3 is 2.62 bits per heavy atom. The Morgan fingerprint density at radius 2 is 2.19 bits per heavy atom. The van der Waals surface area contributed by atoms with E-state index in [9.17, 15) is 9.59 Å². The molecule has 4 N–H and O–H groups in total. The van der Waals surface area contributed by atoms with Crippen LogP contribution in [-0.2, 0) is 9.59 Å². The van der Waals surface area contributed by atoms with Crippen LogP contribution in [-0.4, -0.2) is 29.1 Å². The molecule has 0 fully saturated rings. The number of carboxylic acid groups (broad SMARTS) is 1. The molecule has 0 aromatic carbocycles. The maximum absolute atomic E-state index is 11.5. The molecule has 0 rings (SSSR count). The highest BCUT2D eigenvalue weighted by Gasteiger charge is 2.21. The molecule has 5 heteroatoms. The zero-order chi connectivity index (χ0) is 12.6. The summed E-state index contributed by atoms with van der Waals surface area (Å²) in [4.78, 5) is 22.3. The van der Waals surface area contributed by atoms with Gasteiger partial charge in [-0.2, -0.15) is 0 Å². The average molecular weight is 228 g/mol. The van der Waals surface area contributed by atoms with Crippen LogP contribution in [0, 0.1) is 0 Å². The van der Waals surface area contributed by atoms with E-state index in [0.29, 0.717) is 6.42 Å². The van der Waals surface area contributed by atoms with Crippen molar-refractivity contribution in [2.24, 2.45) is 5.73 Å². The number of nitrogens with one attached hydrogen (secondary N) is 1. The minimum absolute atomic E-state index is 0.196. The first-order valence-corrected chi connectivity index (χ1v) is 5.42. The molecule has 0 bridgehead atoms.